The number of amides is 1. The van der Waals surface area contributed by atoms with Crippen LogP contribution in [0.1, 0.15) is 30.5 Å². The van der Waals surface area contributed by atoms with Crippen LogP contribution >= 0.6 is 0 Å². The van der Waals surface area contributed by atoms with E-state index >= 15 is 0 Å². The van der Waals surface area contributed by atoms with Gasteiger partial charge in [0.05, 0.1) is 16.5 Å². The summed E-state index contributed by atoms with van der Waals surface area (Å²) in [6, 6.07) is 9.83. The lowest BCUT2D eigenvalue weighted by Crippen LogP contribution is -2.49. The second-order valence-electron chi connectivity index (χ2n) is 8.83. The van der Waals surface area contributed by atoms with Crippen LogP contribution in [0.3, 0.4) is 0 Å². The maximum Gasteiger partial charge on any atom is 0.416 e. The van der Waals surface area contributed by atoms with E-state index in [1.165, 1.54) is 18.2 Å². The molecule has 2 aromatic carbocycles. The minimum absolute atomic E-state index is 0.296. The summed E-state index contributed by atoms with van der Waals surface area (Å²) in [5.74, 6) is -0.296. The van der Waals surface area contributed by atoms with Crippen molar-refractivity contribution in [1.29, 1.82) is 0 Å². The molecule has 1 aliphatic heterocycles. The summed E-state index contributed by atoms with van der Waals surface area (Å²) in [5.41, 5.74) is -1.44. The predicted molar refractivity (Wildman–Crippen MR) is 118 cm³/mol. The number of carbonyl (C=O) groups is 1. The van der Waals surface area contributed by atoms with E-state index < -0.39 is 28.9 Å². The number of nitrogens with zero attached hydrogens (tertiary/aromatic N) is 2. The Balaban J connectivity index is 1.48. The Morgan fingerprint density at radius 3 is 1.94 bits per heavy atom. The molecule has 1 amide bonds. The van der Waals surface area contributed by atoms with Crippen molar-refractivity contribution < 1.29 is 31.1 Å². The lowest BCUT2D eigenvalue weighted by molar-refractivity contribution is -0.138. The average Bonchev–Trinajstić information content (AvgIpc) is 2.78. The normalized spacial score (nSPS) is 15.9. The maximum atomic E-state index is 13.0. The lowest BCUT2D eigenvalue weighted by atomic mass is 9.83. The molecule has 0 spiro atoms. The van der Waals surface area contributed by atoms with Crippen molar-refractivity contribution in [2.45, 2.75) is 31.6 Å². The molecule has 1 heterocycles. The highest BCUT2D eigenvalue weighted by Crippen LogP contribution is 2.33. The number of anilines is 1. The van der Waals surface area contributed by atoms with Crippen LogP contribution in [0.5, 0.6) is 0 Å². The van der Waals surface area contributed by atoms with Gasteiger partial charge in [-0.25, -0.2) is 0 Å². The molecule has 1 fully saturated rings. The van der Waals surface area contributed by atoms with Crippen LogP contribution in [0, 0.1) is 0 Å². The highest BCUT2D eigenvalue weighted by atomic mass is 19.4. The molecule has 186 valence electrons. The SMILES string of the molecule is CC(C)(C(=O)NCCN1CCN(c2cccc(C(F)(F)F)c2)CC1)c1ccc(C(F)(F)F)cc1. The average molecular weight is 487 g/mol. The number of nitrogens with one attached hydrogen (secondary N) is 1. The summed E-state index contributed by atoms with van der Waals surface area (Å²) in [5, 5.41) is 2.84. The smallest absolute Gasteiger partial charge is 0.369 e. The van der Waals surface area contributed by atoms with Gasteiger partial charge in [-0.15, -0.1) is 0 Å². The van der Waals surface area contributed by atoms with E-state index in [0.29, 0.717) is 50.5 Å². The van der Waals surface area contributed by atoms with Crippen LogP contribution in [0.2, 0.25) is 0 Å². The van der Waals surface area contributed by atoms with Gasteiger partial charge in [0.25, 0.3) is 0 Å². The van der Waals surface area contributed by atoms with Crippen LogP contribution in [0.15, 0.2) is 48.5 Å². The molecule has 0 saturated carbocycles. The summed E-state index contributed by atoms with van der Waals surface area (Å²) in [6.45, 7) is 6.61. The van der Waals surface area contributed by atoms with Gasteiger partial charge >= 0.3 is 12.4 Å². The van der Waals surface area contributed by atoms with Gasteiger partial charge in [-0.2, -0.15) is 26.3 Å². The zero-order chi connectivity index (χ0) is 25.1. The molecule has 0 aliphatic carbocycles. The molecular formula is C24H27F6N3O. The minimum Gasteiger partial charge on any atom is -0.369 e. The van der Waals surface area contributed by atoms with E-state index in [1.54, 1.807) is 19.9 Å². The number of carbonyl (C=O) groups excluding carboxylic acids is 1. The Kier molecular flexibility index (Phi) is 7.50. The number of benzene rings is 2. The molecule has 0 aromatic heterocycles. The number of halogens is 6. The third-order valence-corrected chi connectivity index (χ3v) is 6.13. The van der Waals surface area contributed by atoms with Gasteiger partial charge in [-0.3, -0.25) is 9.69 Å². The third kappa shape index (κ3) is 6.22. The molecular weight excluding hydrogens is 460 g/mol. The second-order valence-corrected chi connectivity index (χ2v) is 8.83. The number of alkyl halides is 6. The minimum atomic E-state index is -4.43. The monoisotopic (exact) mass is 487 g/mol. The molecule has 1 N–H and O–H groups in total. The fourth-order valence-electron chi connectivity index (χ4n) is 3.86. The largest absolute Gasteiger partial charge is 0.416 e. The van der Waals surface area contributed by atoms with Gasteiger partial charge in [0.2, 0.25) is 5.91 Å². The molecule has 3 rings (SSSR count). The van der Waals surface area contributed by atoms with E-state index in [2.05, 4.69) is 10.2 Å². The van der Waals surface area contributed by atoms with Gasteiger partial charge in [0.1, 0.15) is 0 Å². The first-order valence-electron chi connectivity index (χ1n) is 10.9. The van der Waals surface area contributed by atoms with E-state index in [1.807, 2.05) is 4.90 Å². The first-order chi connectivity index (χ1) is 15.8. The predicted octanol–water partition coefficient (Wildman–Crippen LogP) is 4.94. The molecule has 0 unspecified atom stereocenters. The Morgan fingerprint density at radius 1 is 0.824 bits per heavy atom. The number of piperazine rings is 1. The van der Waals surface area contributed by atoms with Gasteiger partial charge < -0.3 is 10.2 Å². The van der Waals surface area contributed by atoms with Gasteiger partial charge in [0, 0.05) is 45.0 Å². The molecule has 0 radical (unpaired) electrons. The lowest BCUT2D eigenvalue weighted by Gasteiger charge is -2.36. The van der Waals surface area contributed by atoms with Crippen molar-refractivity contribution in [2.24, 2.45) is 0 Å². The topological polar surface area (TPSA) is 35.6 Å². The Hall–Kier alpha value is -2.75. The van der Waals surface area contributed by atoms with Gasteiger partial charge in [-0.1, -0.05) is 18.2 Å². The fourth-order valence-corrected chi connectivity index (χ4v) is 3.86. The van der Waals surface area contributed by atoms with Crippen LogP contribution in [-0.2, 0) is 22.6 Å². The van der Waals surface area contributed by atoms with E-state index in [4.69, 9.17) is 0 Å². The van der Waals surface area contributed by atoms with Crippen LogP contribution in [0.25, 0.3) is 0 Å². The summed E-state index contributed by atoms with van der Waals surface area (Å²) in [7, 11) is 0. The maximum absolute atomic E-state index is 13.0. The standard InChI is InChI=1S/C24H27F6N3O/c1-22(2,17-6-8-18(9-7-17)23(25,26)27)21(34)31-10-11-32-12-14-33(15-13-32)20-5-3-4-19(16-20)24(28,29)30/h3-9,16H,10-15H2,1-2H3,(H,31,34). The molecule has 10 heteroatoms. The zero-order valence-electron chi connectivity index (χ0n) is 18.9. The first kappa shape index (κ1) is 25.9. The molecule has 0 bridgehead atoms. The molecule has 2 aromatic rings. The van der Waals surface area contributed by atoms with Crippen molar-refractivity contribution in [3.05, 3.63) is 65.2 Å². The summed E-state index contributed by atoms with van der Waals surface area (Å²) < 4.78 is 77.2. The number of rotatable bonds is 6. The molecule has 34 heavy (non-hydrogen) atoms. The first-order valence-corrected chi connectivity index (χ1v) is 10.9. The second kappa shape index (κ2) is 9.85. The molecule has 0 atom stereocenters. The molecule has 4 nitrogen and oxygen atoms in total. The Morgan fingerprint density at radius 2 is 1.38 bits per heavy atom. The highest BCUT2D eigenvalue weighted by molar-refractivity contribution is 5.87. The van der Waals surface area contributed by atoms with Crippen LogP contribution in [-0.4, -0.2) is 50.1 Å². The summed E-state index contributed by atoms with van der Waals surface area (Å²) >= 11 is 0. The van der Waals surface area contributed by atoms with Crippen molar-refractivity contribution in [3.8, 4) is 0 Å². The van der Waals surface area contributed by atoms with Crippen molar-refractivity contribution >= 4 is 11.6 Å². The van der Waals surface area contributed by atoms with E-state index in [-0.39, 0.29) is 5.91 Å². The fraction of sp³-hybridized carbons (Fsp3) is 0.458. The zero-order valence-corrected chi connectivity index (χ0v) is 18.9. The molecule has 1 aliphatic rings. The summed E-state index contributed by atoms with van der Waals surface area (Å²) in [4.78, 5) is 16.7. The number of hydrogen-bond donors (Lipinski definition) is 1. The van der Waals surface area contributed by atoms with Crippen molar-refractivity contribution in [3.63, 3.8) is 0 Å². The third-order valence-electron chi connectivity index (χ3n) is 6.13. The summed E-state index contributed by atoms with van der Waals surface area (Å²) in [6.07, 6.45) is -8.82. The number of hydrogen-bond acceptors (Lipinski definition) is 3. The quantitative estimate of drug-likeness (QED) is 0.587. The Bertz CT molecular complexity index is 977. The van der Waals surface area contributed by atoms with Crippen molar-refractivity contribution in [2.75, 3.05) is 44.2 Å². The van der Waals surface area contributed by atoms with Gasteiger partial charge in [-0.05, 0) is 49.7 Å². The Labute approximate surface area is 194 Å². The van der Waals surface area contributed by atoms with Crippen molar-refractivity contribution in [1.82, 2.24) is 10.2 Å². The highest BCUT2D eigenvalue weighted by Gasteiger charge is 2.34. The van der Waals surface area contributed by atoms with Gasteiger partial charge in [0.15, 0.2) is 0 Å². The van der Waals surface area contributed by atoms with E-state index in [0.717, 1.165) is 24.3 Å². The van der Waals surface area contributed by atoms with E-state index in [9.17, 15) is 31.1 Å². The molecule has 1 saturated heterocycles. The van der Waals surface area contributed by atoms with Crippen LogP contribution < -0.4 is 10.2 Å². The van der Waals surface area contributed by atoms with Crippen LogP contribution in [0.4, 0.5) is 32.0 Å².